The van der Waals surface area contributed by atoms with Gasteiger partial charge in [0.25, 0.3) is 0 Å². The van der Waals surface area contributed by atoms with Crippen molar-refractivity contribution in [1.82, 2.24) is 5.32 Å². The Morgan fingerprint density at radius 2 is 2.00 bits per heavy atom. The Kier molecular flexibility index (Phi) is 8.09. The van der Waals surface area contributed by atoms with Crippen molar-refractivity contribution in [1.29, 1.82) is 0 Å². The Hall–Kier alpha value is -0.750. The Bertz CT molecular complexity index is 267. The first-order valence-corrected chi connectivity index (χ1v) is 6.71. The molecule has 0 heterocycles. The van der Waals surface area contributed by atoms with E-state index in [9.17, 15) is 13.6 Å². The molecule has 2 N–H and O–H groups in total. The molecule has 0 aromatic rings. The molecular weight excluding hydrogens is 256 g/mol. The zero-order valence-electron chi connectivity index (χ0n) is 12.1. The fourth-order valence-corrected chi connectivity index (χ4v) is 1.88. The van der Waals surface area contributed by atoms with Gasteiger partial charge in [0.15, 0.2) is 0 Å². The molecule has 0 aromatic carbocycles. The summed E-state index contributed by atoms with van der Waals surface area (Å²) in [5.74, 6) is -2.91. The topological polar surface area (TPSA) is 58.6 Å². The zero-order valence-corrected chi connectivity index (χ0v) is 12.1. The molecule has 1 rings (SSSR count). The largest absolute Gasteiger partial charge is 0.394 e. The number of aliphatic hydroxyl groups excluding tert-OH is 1. The number of halogens is 2. The van der Waals surface area contributed by atoms with Crippen LogP contribution in [0.4, 0.5) is 8.78 Å². The third-order valence-electron chi connectivity index (χ3n) is 2.92. The minimum absolute atomic E-state index is 0.121. The fraction of sp³-hybridized carbons (Fsp3) is 0.923. The van der Waals surface area contributed by atoms with Crippen LogP contribution in [0.2, 0.25) is 0 Å². The van der Waals surface area contributed by atoms with Crippen molar-refractivity contribution in [3.63, 3.8) is 0 Å². The third kappa shape index (κ3) is 6.82. The molecule has 19 heavy (non-hydrogen) atoms. The van der Waals surface area contributed by atoms with Gasteiger partial charge in [-0.2, -0.15) is 0 Å². The van der Waals surface area contributed by atoms with Gasteiger partial charge in [-0.15, -0.1) is 0 Å². The minimum Gasteiger partial charge on any atom is -0.394 e. The van der Waals surface area contributed by atoms with Crippen LogP contribution in [0.5, 0.6) is 0 Å². The molecule has 114 valence electrons. The monoisotopic (exact) mass is 281 g/mol. The van der Waals surface area contributed by atoms with Crippen LogP contribution in [0.1, 0.15) is 40.5 Å². The predicted octanol–water partition coefficient (Wildman–Crippen LogP) is 1.96. The van der Waals surface area contributed by atoms with Gasteiger partial charge in [0.2, 0.25) is 11.8 Å². The Labute approximate surface area is 113 Å². The van der Waals surface area contributed by atoms with E-state index in [0.29, 0.717) is 0 Å². The molecular formula is C13H25F2NO3. The average Bonchev–Trinajstić information content (AvgIpc) is 2.32. The van der Waals surface area contributed by atoms with E-state index in [4.69, 9.17) is 9.84 Å². The molecule has 4 nitrogen and oxygen atoms in total. The van der Waals surface area contributed by atoms with Crippen molar-refractivity contribution >= 4 is 5.91 Å². The number of aliphatic hydroxyl groups is 1. The highest BCUT2D eigenvalue weighted by molar-refractivity contribution is 5.73. The Balaban J connectivity index is 0.00000154. The van der Waals surface area contributed by atoms with Gasteiger partial charge >= 0.3 is 0 Å². The first-order valence-electron chi connectivity index (χ1n) is 6.71. The summed E-state index contributed by atoms with van der Waals surface area (Å²) < 4.78 is 30.5. The van der Waals surface area contributed by atoms with Crippen molar-refractivity contribution in [3.8, 4) is 0 Å². The van der Waals surface area contributed by atoms with E-state index in [1.807, 2.05) is 13.8 Å². The lowest BCUT2D eigenvalue weighted by molar-refractivity contribution is -0.137. The molecule has 1 aliphatic carbocycles. The van der Waals surface area contributed by atoms with Crippen LogP contribution >= 0.6 is 0 Å². The number of alkyl halides is 2. The summed E-state index contributed by atoms with van der Waals surface area (Å²) in [6.07, 6.45) is -0.661. The van der Waals surface area contributed by atoms with E-state index in [1.54, 1.807) is 6.92 Å². The molecule has 0 bridgehead atoms. The van der Waals surface area contributed by atoms with Gasteiger partial charge < -0.3 is 15.2 Å². The number of ether oxygens (including phenoxy) is 1. The summed E-state index contributed by atoms with van der Waals surface area (Å²) in [5, 5.41) is 11.6. The standard InChI is InChI=1S/C11H19F2NO3.C2H6/c1-7(10(5-15)14-8(2)16)17-6-9-3-11(12,13)4-9;1-2/h7,9-10,15H,3-6H2,1-2H3,(H,14,16);1-2H3. The van der Waals surface area contributed by atoms with Gasteiger partial charge in [0, 0.05) is 19.8 Å². The highest BCUT2D eigenvalue weighted by Crippen LogP contribution is 2.42. The summed E-state index contributed by atoms with van der Waals surface area (Å²) >= 11 is 0. The molecule has 1 saturated carbocycles. The lowest BCUT2D eigenvalue weighted by atomic mass is 9.82. The molecule has 0 aliphatic heterocycles. The summed E-state index contributed by atoms with van der Waals surface area (Å²) in [4.78, 5) is 10.8. The summed E-state index contributed by atoms with van der Waals surface area (Å²) in [6.45, 7) is 7.06. The van der Waals surface area contributed by atoms with Gasteiger partial charge in [-0.25, -0.2) is 8.78 Å². The minimum atomic E-state index is -2.54. The van der Waals surface area contributed by atoms with Gasteiger partial charge in [0.1, 0.15) is 0 Å². The molecule has 2 unspecified atom stereocenters. The maximum Gasteiger partial charge on any atom is 0.248 e. The van der Waals surface area contributed by atoms with Crippen molar-refractivity contribution in [2.75, 3.05) is 13.2 Å². The van der Waals surface area contributed by atoms with Crippen LogP contribution in [0.3, 0.4) is 0 Å². The van der Waals surface area contributed by atoms with Gasteiger partial charge in [-0.3, -0.25) is 4.79 Å². The summed E-state index contributed by atoms with van der Waals surface area (Å²) in [6, 6.07) is -0.493. The van der Waals surface area contributed by atoms with Crippen LogP contribution in [-0.2, 0) is 9.53 Å². The smallest absolute Gasteiger partial charge is 0.248 e. The predicted molar refractivity (Wildman–Crippen MR) is 69.1 cm³/mol. The van der Waals surface area contributed by atoms with Crippen LogP contribution < -0.4 is 5.32 Å². The third-order valence-corrected chi connectivity index (χ3v) is 2.92. The van der Waals surface area contributed by atoms with Crippen LogP contribution in [0.25, 0.3) is 0 Å². The lowest BCUT2D eigenvalue weighted by Crippen LogP contribution is -2.46. The zero-order chi connectivity index (χ0) is 15.1. The summed E-state index contributed by atoms with van der Waals surface area (Å²) in [5.41, 5.74) is 0. The van der Waals surface area contributed by atoms with Gasteiger partial charge in [0.05, 0.1) is 25.4 Å². The Morgan fingerprint density at radius 3 is 2.37 bits per heavy atom. The molecule has 2 atom stereocenters. The number of rotatable bonds is 6. The van der Waals surface area contributed by atoms with Crippen LogP contribution in [0, 0.1) is 5.92 Å². The maximum absolute atomic E-state index is 12.6. The van der Waals surface area contributed by atoms with E-state index in [2.05, 4.69) is 5.32 Å². The number of hydrogen-bond donors (Lipinski definition) is 2. The number of hydrogen-bond acceptors (Lipinski definition) is 3. The van der Waals surface area contributed by atoms with Crippen molar-refractivity contribution in [2.45, 2.75) is 58.6 Å². The second-order valence-electron chi connectivity index (χ2n) is 4.66. The highest BCUT2D eigenvalue weighted by Gasteiger charge is 2.45. The molecule has 0 saturated heterocycles. The second-order valence-corrected chi connectivity index (χ2v) is 4.66. The van der Waals surface area contributed by atoms with E-state index >= 15 is 0 Å². The number of carbonyl (C=O) groups is 1. The molecule has 1 aliphatic rings. The SMILES string of the molecule is CC.CC(=O)NC(CO)C(C)OCC1CC(F)(F)C1. The number of carbonyl (C=O) groups excluding carboxylic acids is 1. The number of nitrogens with one attached hydrogen (secondary N) is 1. The van der Waals surface area contributed by atoms with Crippen LogP contribution in [0.15, 0.2) is 0 Å². The Morgan fingerprint density at radius 1 is 1.47 bits per heavy atom. The lowest BCUT2D eigenvalue weighted by Gasteiger charge is -2.35. The normalized spacial score (nSPS) is 20.6. The van der Waals surface area contributed by atoms with Crippen molar-refractivity contribution < 1.29 is 23.4 Å². The summed E-state index contributed by atoms with van der Waals surface area (Å²) in [7, 11) is 0. The van der Waals surface area contributed by atoms with Crippen LogP contribution in [-0.4, -0.2) is 42.3 Å². The second kappa shape index (κ2) is 8.43. The fourth-order valence-electron chi connectivity index (χ4n) is 1.88. The molecule has 0 radical (unpaired) electrons. The first kappa shape index (κ1) is 18.2. The molecule has 1 amide bonds. The quantitative estimate of drug-likeness (QED) is 0.782. The molecule has 1 fully saturated rings. The average molecular weight is 281 g/mol. The van der Waals surface area contributed by atoms with E-state index in [1.165, 1.54) is 6.92 Å². The molecule has 6 heteroatoms. The van der Waals surface area contributed by atoms with E-state index < -0.39 is 18.1 Å². The maximum atomic E-state index is 12.6. The van der Waals surface area contributed by atoms with Crippen molar-refractivity contribution in [3.05, 3.63) is 0 Å². The van der Waals surface area contributed by atoms with Crippen molar-refractivity contribution in [2.24, 2.45) is 5.92 Å². The van der Waals surface area contributed by atoms with E-state index in [-0.39, 0.29) is 37.9 Å². The van der Waals surface area contributed by atoms with Gasteiger partial charge in [-0.1, -0.05) is 13.8 Å². The highest BCUT2D eigenvalue weighted by atomic mass is 19.3. The van der Waals surface area contributed by atoms with Gasteiger partial charge in [-0.05, 0) is 12.8 Å². The molecule has 0 spiro atoms. The molecule has 0 aromatic heterocycles. The first-order chi connectivity index (χ1) is 8.84. The van der Waals surface area contributed by atoms with E-state index in [0.717, 1.165) is 0 Å². The number of amides is 1.